The predicted molar refractivity (Wildman–Crippen MR) is 115 cm³/mol. The molecule has 3 aromatic rings. The minimum absolute atomic E-state index is 0.0398. The van der Waals surface area contributed by atoms with Gasteiger partial charge in [-0.2, -0.15) is 5.10 Å². The highest BCUT2D eigenvalue weighted by Crippen LogP contribution is 2.21. The third kappa shape index (κ3) is 5.36. The fourth-order valence-electron chi connectivity index (χ4n) is 3.47. The molecule has 0 spiro atoms. The first-order valence-corrected chi connectivity index (χ1v) is 10.0. The molecule has 0 aliphatic rings. The van der Waals surface area contributed by atoms with Crippen molar-refractivity contribution in [2.24, 2.45) is 0 Å². The molecule has 0 aliphatic carbocycles. The molecule has 1 amide bonds. The summed E-state index contributed by atoms with van der Waals surface area (Å²) < 4.78 is 19.7. The van der Waals surface area contributed by atoms with E-state index in [0.717, 1.165) is 33.8 Å². The van der Waals surface area contributed by atoms with Crippen LogP contribution in [0.4, 0.5) is 4.39 Å². The molecule has 0 radical (unpaired) electrons. The van der Waals surface area contributed by atoms with Crippen molar-refractivity contribution in [3.63, 3.8) is 0 Å². The number of methoxy groups -OCH3 is 1. The fourth-order valence-corrected chi connectivity index (χ4v) is 3.47. The SMILES string of the molecule is COC(=O)CC(NC(=O)Cc1c(C)nn(-c2ccc(F)cc2)c1C)c1ccc(C)cc1. The molecule has 0 aliphatic heterocycles. The highest BCUT2D eigenvalue weighted by molar-refractivity contribution is 5.80. The van der Waals surface area contributed by atoms with Crippen molar-refractivity contribution in [1.29, 1.82) is 0 Å². The topological polar surface area (TPSA) is 73.2 Å². The van der Waals surface area contributed by atoms with E-state index in [2.05, 4.69) is 10.4 Å². The first-order valence-electron chi connectivity index (χ1n) is 10.0. The van der Waals surface area contributed by atoms with E-state index in [4.69, 9.17) is 4.74 Å². The molecule has 0 fully saturated rings. The van der Waals surface area contributed by atoms with Crippen LogP contribution in [-0.2, 0) is 20.7 Å². The summed E-state index contributed by atoms with van der Waals surface area (Å²) in [4.78, 5) is 24.8. The summed E-state index contributed by atoms with van der Waals surface area (Å²) in [6, 6.07) is 13.2. The van der Waals surface area contributed by atoms with Crippen molar-refractivity contribution in [1.82, 2.24) is 15.1 Å². The summed E-state index contributed by atoms with van der Waals surface area (Å²) >= 11 is 0. The third-order valence-electron chi connectivity index (χ3n) is 5.26. The molecule has 1 atom stereocenters. The normalized spacial score (nSPS) is 11.8. The molecular weight excluding hydrogens is 397 g/mol. The number of nitrogens with one attached hydrogen (secondary N) is 1. The summed E-state index contributed by atoms with van der Waals surface area (Å²) in [6.45, 7) is 5.68. The average Bonchev–Trinajstić information content (AvgIpc) is 3.02. The molecule has 6 nitrogen and oxygen atoms in total. The number of carbonyl (C=O) groups excluding carboxylic acids is 2. The van der Waals surface area contributed by atoms with E-state index in [0.29, 0.717) is 0 Å². The summed E-state index contributed by atoms with van der Waals surface area (Å²) in [6.07, 6.45) is 0.153. The van der Waals surface area contributed by atoms with Gasteiger partial charge in [-0.05, 0) is 50.6 Å². The van der Waals surface area contributed by atoms with Crippen LogP contribution in [-0.4, -0.2) is 28.8 Å². The maximum Gasteiger partial charge on any atom is 0.307 e. The summed E-state index contributed by atoms with van der Waals surface area (Å²) in [5.41, 5.74) is 4.96. The Balaban J connectivity index is 1.80. The van der Waals surface area contributed by atoms with Gasteiger partial charge in [0.25, 0.3) is 0 Å². The van der Waals surface area contributed by atoms with Gasteiger partial charge in [-0.15, -0.1) is 0 Å². The Morgan fingerprint density at radius 3 is 2.32 bits per heavy atom. The lowest BCUT2D eigenvalue weighted by Gasteiger charge is -2.18. The number of benzene rings is 2. The molecule has 7 heteroatoms. The maximum atomic E-state index is 13.2. The molecule has 3 rings (SSSR count). The number of aromatic nitrogens is 2. The number of carbonyl (C=O) groups is 2. The molecule has 2 aromatic carbocycles. The van der Waals surface area contributed by atoms with Crippen LogP contribution in [0.3, 0.4) is 0 Å². The van der Waals surface area contributed by atoms with Crippen molar-refractivity contribution in [2.45, 2.75) is 39.7 Å². The Labute approximate surface area is 181 Å². The Morgan fingerprint density at radius 2 is 1.71 bits per heavy atom. The molecule has 1 aromatic heterocycles. The van der Waals surface area contributed by atoms with Gasteiger partial charge < -0.3 is 10.1 Å². The lowest BCUT2D eigenvalue weighted by Crippen LogP contribution is -2.31. The number of esters is 1. The van der Waals surface area contributed by atoms with Crippen LogP contribution in [0.25, 0.3) is 5.69 Å². The second kappa shape index (κ2) is 9.55. The van der Waals surface area contributed by atoms with Crippen molar-refractivity contribution in [2.75, 3.05) is 7.11 Å². The van der Waals surface area contributed by atoms with E-state index in [1.165, 1.54) is 19.2 Å². The number of halogens is 1. The van der Waals surface area contributed by atoms with E-state index in [-0.39, 0.29) is 24.6 Å². The van der Waals surface area contributed by atoms with E-state index >= 15 is 0 Å². The Bertz CT molecular complexity index is 1070. The number of ether oxygens (including phenoxy) is 1. The smallest absolute Gasteiger partial charge is 0.307 e. The van der Waals surface area contributed by atoms with Gasteiger partial charge in [0, 0.05) is 11.3 Å². The van der Waals surface area contributed by atoms with Crippen LogP contribution in [0.1, 0.15) is 40.5 Å². The number of amides is 1. The standard InChI is InChI=1S/C24H26FN3O3/c1-15-5-7-18(8-6-15)22(14-24(30)31-4)26-23(29)13-21-16(2)27-28(17(21)3)20-11-9-19(25)10-12-20/h5-12,22H,13-14H2,1-4H3,(H,26,29). The second-order valence-electron chi connectivity index (χ2n) is 7.53. The van der Waals surface area contributed by atoms with E-state index in [1.54, 1.807) is 16.8 Å². The first kappa shape index (κ1) is 22.2. The highest BCUT2D eigenvalue weighted by atomic mass is 19.1. The van der Waals surface area contributed by atoms with Crippen LogP contribution in [0.15, 0.2) is 48.5 Å². The van der Waals surface area contributed by atoms with Gasteiger partial charge in [0.2, 0.25) is 5.91 Å². The van der Waals surface area contributed by atoms with Gasteiger partial charge in [-0.3, -0.25) is 9.59 Å². The Hall–Kier alpha value is -3.48. The predicted octanol–water partition coefficient (Wildman–Crippen LogP) is 3.90. The van der Waals surface area contributed by atoms with Crippen LogP contribution in [0.5, 0.6) is 0 Å². The van der Waals surface area contributed by atoms with E-state index in [9.17, 15) is 14.0 Å². The lowest BCUT2D eigenvalue weighted by atomic mass is 10.0. The van der Waals surface area contributed by atoms with Crippen LogP contribution in [0, 0.1) is 26.6 Å². The summed E-state index contributed by atoms with van der Waals surface area (Å²) in [5, 5.41) is 7.46. The van der Waals surface area contributed by atoms with Crippen LogP contribution >= 0.6 is 0 Å². The number of hydrogen-bond donors (Lipinski definition) is 1. The van der Waals surface area contributed by atoms with Crippen molar-refractivity contribution < 1.29 is 18.7 Å². The van der Waals surface area contributed by atoms with Crippen LogP contribution < -0.4 is 5.32 Å². The lowest BCUT2D eigenvalue weighted by molar-refractivity contribution is -0.141. The summed E-state index contributed by atoms with van der Waals surface area (Å²) in [7, 11) is 1.33. The molecule has 0 saturated carbocycles. The summed E-state index contributed by atoms with van der Waals surface area (Å²) in [5.74, 6) is -0.945. The molecule has 0 bridgehead atoms. The molecular formula is C24H26FN3O3. The van der Waals surface area contributed by atoms with Crippen molar-refractivity contribution >= 4 is 11.9 Å². The number of nitrogens with zero attached hydrogens (tertiary/aromatic N) is 2. The molecule has 1 heterocycles. The highest BCUT2D eigenvalue weighted by Gasteiger charge is 2.21. The zero-order valence-corrected chi connectivity index (χ0v) is 18.1. The zero-order chi connectivity index (χ0) is 22.5. The van der Waals surface area contributed by atoms with Crippen molar-refractivity contribution in [3.8, 4) is 5.69 Å². The second-order valence-corrected chi connectivity index (χ2v) is 7.53. The Kier molecular flexibility index (Phi) is 6.84. The van der Waals surface area contributed by atoms with E-state index in [1.807, 2.05) is 45.0 Å². The molecule has 1 N–H and O–H groups in total. The largest absolute Gasteiger partial charge is 0.469 e. The quantitative estimate of drug-likeness (QED) is 0.585. The van der Waals surface area contributed by atoms with Crippen LogP contribution in [0.2, 0.25) is 0 Å². The average molecular weight is 423 g/mol. The first-order chi connectivity index (χ1) is 14.8. The minimum atomic E-state index is -0.492. The van der Waals surface area contributed by atoms with Gasteiger partial charge in [0.05, 0.1) is 37.4 Å². The van der Waals surface area contributed by atoms with Gasteiger partial charge in [-0.1, -0.05) is 29.8 Å². The van der Waals surface area contributed by atoms with Gasteiger partial charge in [-0.25, -0.2) is 9.07 Å². The van der Waals surface area contributed by atoms with E-state index < -0.39 is 12.0 Å². The zero-order valence-electron chi connectivity index (χ0n) is 18.1. The van der Waals surface area contributed by atoms with Gasteiger partial charge in [0.1, 0.15) is 5.82 Å². The monoisotopic (exact) mass is 423 g/mol. The van der Waals surface area contributed by atoms with Gasteiger partial charge in [0.15, 0.2) is 0 Å². The molecule has 1 unspecified atom stereocenters. The minimum Gasteiger partial charge on any atom is -0.469 e. The number of rotatable bonds is 7. The van der Waals surface area contributed by atoms with Gasteiger partial charge >= 0.3 is 5.97 Å². The molecule has 31 heavy (non-hydrogen) atoms. The number of aryl methyl sites for hydroxylation is 2. The van der Waals surface area contributed by atoms with Crippen molar-refractivity contribution in [3.05, 3.63) is 82.4 Å². The third-order valence-corrected chi connectivity index (χ3v) is 5.26. The molecule has 0 saturated heterocycles. The Morgan fingerprint density at radius 1 is 1.06 bits per heavy atom. The molecule has 162 valence electrons. The fraction of sp³-hybridized carbons (Fsp3) is 0.292. The number of hydrogen-bond acceptors (Lipinski definition) is 4. The maximum absolute atomic E-state index is 13.2.